The highest BCUT2D eigenvalue weighted by atomic mass is 16.5. The van der Waals surface area contributed by atoms with E-state index < -0.39 is 12.0 Å². The van der Waals surface area contributed by atoms with Crippen LogP contribution in [0.5, 0.6) is 5.75 Å². The van der Waals surface area contributed by atoms with Crippen LogP contribution in [0.1, 0.15) is 29.3 Å². The topological polar surface area (TPSA) is 93.5 Å². The minimum Gasteiger partial charge on any atom is -0.493 e. The van der Waals surface area contributed by atoms with Crippen LogP contribution in [-0.2, 0) is 29.5 Å². The molecule has 0 radical (unpaired) electrons. The number of carboxylic acids is 1. The Hall–Kier alpha value is -2.83. The molecule has 0 saturated carbocycles. The summed E-state index contributed by atoms with van der Waals surface area (Å²) in [7, 11) is 1.81. The maximum absolute atomic E-state index is 12.1. The van der Waals surface area contributed by atoms with Crippen molar-refractivity contribution < 1.29 is 19.4 Å². The predicted molar refractivity (Wildman–Crippen MR) is 85.7 cm³/mol. The Kier molecular flexibility index (Phi) is 4.50. The number of fused-ring (bicyclic) bond motifs is 1. The first-order valence-electron chi connectivity index (χ1n) is 7.79. The van der Waals surface area contributed by atoms with Gasteiger partial charge in [-0.15, -0.1) is 0 Å². The average Bonchev–Trinajstić information content (AvgIpc) is 3.18. The molecule has 7 heteroatoms. The lowest BCUT2D eigenvalue weighted by molar-refractivity contribution is -0.142. The molecule has 0 saturated heterocycles. The van der Waals surface area contributed by atoms with Crippen molar-refractivity contribution in [1.29, 1.82) is 0 Å². The number of nitrogens with zero attached hydrogens (tertiary/aromatic N) is 2. The van der Waals surface area contributed by atoms with Gasteiger partial charge in [-0.05, 0) is 35.7 Å². The molecule has 3 rings (SSSR count). The van der Waals surface area contributed by atoms with Crippen LogP contribution in [0.3, 0.4) is 0 Å². The van der Waals surface area contributed by atoms with Gasteiger partial charge in [0.05, 0.1) is 6.61 Å². The molecule has 1 aliphatic heterocycles. The number of aliphatic carboxylic acids is 1. The van der Waals surface area contributed by atoms with Crippen LogP contribution >= 0.6 is 0 Å². The number of aryl methyl sites for hydroxylation is 2. The van der Waals surface area contributed by atoms with Crippen LogP contribution in [0.2, 0.25) is 0 Å². The molecule has 1 amide bonds. The van der Waals surface area contributed by atoms with E-state index in [0.717, 1.165) is 23.4 Å². The van der Waals surface area contributed by atoms with Crippen LogP contribution in [0.15, 0.2) is 30.5 Å². The van der Waals surface area contributed by atoms with E-state index in [1.807, 2.05) is 6.07 Å². The van der Waals surface area contributed by atoms with Crippen molar-refractivity contribution in [2.75, 3.05) is 6.61 Å². The standard InChI is InChI=1S/C17H19N3O4/c1-20-13(6-8-18-20)3-5-15(21)19-16(17(22)23)12-2-4-14-11(10-12)7-9-24-14/h2,4,6,8,10,16H,3,5,7,9H2,1H3,(H,19,21)(H,22,23). The van der Waals surface area contributed by atoms with E-state index in [2.05, 4.69) is 10.4 Å². The number of nitrogens with one attached hydrogen (secondary N) is 1. The minimum atomic E-state index is -1.08. The molecule has 2 N–H and O–H groups in total. The van der Waals surface area contributed by atoms with Gasteiger partial charge in [0.1, 0.15) is 5.75 Å². The first-order chi connectivity index (χ1) is 11.5. The largest absolute Gasteiger partial charge is 0.493 e. The second kappa shape index (κ2) is 6.74. The number of hydrogen-bond acceptors (Lipinski definition) is 4. The van der Waals surface area contributed by atoms with Crippen molar-refractivity contribution in [2.45, 2.75) is 25.3 Å². The van der Waals surface area contributed by atoms with Crippen molar-refractivity contribution in [2.24, 2.45) is 7.05 Å². The molecular weight excluding hydrogens is 310 g/mol. The smallest absolute Gasteiger partial charge is 0.330 e. The summed E-state index contributed by atoms with van der Waals surface area (Å²) in [5, 5.41) is 16.1. The number of carbonyl (C=O) groups excluding carboxylic acids is 1. The molecule has 126 valence electrons. The zero-order valence-corrected chi connectivity index (χ0v) is 13.4. The van der Waals surface area contributed by atoms with Gasteiger partial charge in [0.15, 0.2) is 6.04 Å². The second-order valence-corrected chi connectivity index (χ2v) is 5.75. The molecule has 0 bridgehead atoms. The third kappa shape index (κ3) is 3.40. The fourth-order valence-electron chi connectivity index (χ4n) is 2.79. The fraction of sp³-hybridized carbons (Fsp3) is 0.353. The van der Waals surface area contributed by atoms with Crippen molar-refractivity contribution in [3.05, 3.63) is 47.3 Å². The number of aromatic nitrogens is 2. The number of carbonyl (C=O) groups is 2. The van der Waals surface area contributed by atoms with Crippen LogP contribution < -0.4 is 10.1 Å². The monoisotopic (exact) mass is 329 g/mol. The van der Waals surface area contributed by atoms with Gasteiger partial charge in [0.2, 0.25) is 5.91 Å². The summed E-state index contributed by atoms with van der Waals surface area (Å²) in [5.41, 5.74) is 2.45. The Labute approximate surface area is 139 Å². The van der Waals surface area contributed by atoms with E-state index in [0.29, 0.717) is 18.6 Å². The van der Waals surface area contributed by atoms with Gasteiger partial charge in [-0.3, -0.25) is 9.48 Å². The summed E-state index contributed by atoms with van der Waals surface area (Å²) in [6.07, 6.45) is 3.13. The van der Waals surface area contributed by atoms with E-state index in [4.69, 9.17) is 4.74 Å². The van der Waals surface area contributed by atoms with Gasteiger partial charge in [0, 0.05) is 31.8 Å². The minimum absolute atomic E-state index is 0.206. The lowest BCUT2D eigenvalue weighted by atomic mass is 10.0. The fourth-order valence-corrected chi connectivity index (χ4v) is 2.79. The lowest BCUT2D eigenvalue weighted by Crippen LogP contribution is -2.34. The molecule has 1 aromatic heterocycles. The zero-order chi connectivity index (χ0) is 17.1. The number of amides is 1. The van der Waals surface area contributed by atoms with E-state index in [-0.39, 0.29) is 12.3 Å². The molecule has 2 heterocycles. The number of ether oxygens (including phenoxy) is 1. The molecule has 2 aromatic rings. The molecular formula is C17H19N3O4. The highest BCUT2D eigenvalue weighted by Crippen LogP contribution is 2.28. The van der Waals surface area contributed by atoms with E-state index >= 15 is 0 Å². The number of hydrogen-bond donors (Lipinski definition) is 2. The maximum atomic E-state index is 12.1. The molecule has 0 spiro atoms. The summed E-state index contributed by atoms with van der Waals surface area (Å²) < 4.78 is 7.12. The van der Waals surface area contributed by atoms with Crippen LogP contribution in [0.25, 0.3) is 0 Å². The summed E-state index contributed by atoms with van der Waals surface area (Å²) >= 11 is 0. The maximum Gasteiger partial charge on any atom is 0.330 e. The number of carboxylic acid groups (broad SMARTS) is 1. The quantitative estimate of drug-likeness (QED) is 0.831. The third-order valence-corrected chi connectivity index (χ3v) is 4.13. The molecule has 1 aliphatic rings. The van der Waals surface area contributed by atoms with Gasteiger partial charge in [-0.2, -0.15) is 5.10 Å². The Morgan fingerprint density at radius 1 is 1.42 bits per heavy atom. The molecule has 1 aromatic carbocycles. The Morgan fingerprint density at radius 3 is 2.96 bits per heavy atom. The van der Waals surface area contributed by atoms with Crippen molar-refractivity contribution >= 4 is 11.9 Å². The summed E-state index contributed by atoms with van der Waals surface area (Å²) in [6, 6.07) is 6.01. The number of rotatable bonds is 6. The van der Waals surface area contributed by atoms with Gasteiger partial charge < -0.3 is 15.2 Å². The van der Waals surface area contributed by atoms with E-state index in [1.54, 1.807) is 36.1 Å². The van der Waals surface area contributed by atoms with Crippen LogP contribution in [-0.4, -0.2) is 33.4 Å². The van der Waals surface area contributed by atoms with Crippen molar-refractivity contribution in [3.8, 4) is 5.75 Å². The lowest BCUT2D eigenvalue weighted by Gasteiger charge is -2.16. The van der Waals surface area contributed by atoms with Gasteiger partial charge in [-0.1, -0.05) is 6.07 Å². The van der Waals surface area contributed by atoms with Crippen LogP contribution in [0, 0.1) is 0 Å². The second-order valence-electron chi connectivity index (χ2n) is 5.75. The summed E-state index contributed by atoms with van der Waals surface area (Å²) in [4.78, 5) is 23.7. The van der Waals surface area contributed by atoms with Crippen LogP contribution in [0.4, 0.5) is 0 Å². The van der Waals surface area contributed by atoms with Gasteiger partial charge in [-0.25, -0.2) is 4.79 Å². The van der Waals surface area contributed by atoms with Gasteiger partial charge >= 0.3 is 5.97 Å². The third-order valence-electron chi connectivity index (χ3n) is 4.13. The highest BCUT2D eigenvalue weighted by Gasteiger charge is 2.24. The Morgan fingerprint density at radius 2 is 2.25 bits per heavy atom. The summed E-state index contributed by atoms with van der Waals surface area (Å²) in [5.74, 6) is -0.603. The van der Waals surface area contributed by atoms with Crippen molar-refractivity contribution in [1.82, 2.24) is 15.1 Å². The molecule has 0 fully saturated rings. The highest BCUT2D eigenvalue weighted by molar-refractivity contribution is 5.84. The number of benzene rings is 1. The molecule has 1 unspecified atom stereocenters. The van der Waals surface area contributed by atoms with E-state index in [1.165, 1.54) is 0 Å². The van der Waals surface area contributed by atoms with Gasteiger partial charge in [0.25, 0.3) is 0 Å². The molecule has 7 nitrogen and oxygen atoms in total. The SMILES string of the molecule is Cn1nccc1CCC(=O)NC(C(=O)O)c1ccc2c(c1)CCO2. The zero-order valence-electron chi connectivity index (χ0n) is 13.4. The Bertz CT molecular complexity index is 769. The molecule has 24 heavy (non-hydrogen) atoms. The van der Waals surface area contributed by atoms with Crippen molar-refractivity contribution in [3.63, 3.8) is 0 Å². The Balaban J connectivity index is 1.66. The summed E-state index contributed by atoms with van der Waals surface area (Å²) in [6.45, 7) is 0.605. The molecule has 0 aliphatic carbocycles. The molecule has 1 atom stereocenters. The predicted octanol–water partition coefficient (Wildman–Crippen LogP) is 1.23. The normalized spacial score (nSPS) is 13.9. The van der Waals surface area contributed by atoms with E-state index in [9.17, 15) is 14.7 Å². The average molecular weight is 329 g/mol. The first-order valence-corrected chi connectivity index (χ1v) is 7.79. The first kappa shape index (κ1) is 16.0.